The lowest BCUT2D eigenvalue weighted by Gasteiger charge is -2.12. The molecular formula is C25H23FN4O2. The molecule has 0 amide bonds. The number of hydrogen-bond acceptors (Lipinski definition) is 5. The fraction of sp³-hybridized carbons (Fsp3) is 0.120. The minimum absolute atomic E-state index is 0.208. The molecule has 1 aromatic heterocycles. The normalized spacial score (nSPS) is 10.8. The molecule has 0 atom stereocenters. The van der Waals surface area contributed by atoms with Crippen molar-refractivity contribution in [1.29, 1.82) is 0 Å². The Hall–Kier alpha value is -4.13. The molecule has 162 valence electrons. The van der Waals surface area contributed by atoms with Crippen LogP contribution in [0.3, 0.4) is 0 Å². The van der Waals surface area contributed by atoms with Crippen molar-refractivity contribution in [2.45, 2.75) is 6.92 Å². The number of nitrogens with zero attached hydrogens (tertiary/aromatic N) is 3. The van der Waals surface area contributed by atoms with Crippen molar-refractivity contribution < 1.29 is 13.9 Å². The Labute approximate surface area is 185 Å². The van der Waals surface area contributed by atoms with Crippen LogP contribution in [-0.2, 0) is 4.79 Å². The molecule has 0 aliphatic rings. The second-order valence-electron chi connectivity index (χ2n) is 7.58. The van der Waals surface area contributed by atoms with Crippen molar-refractivity contribution in [3.8, 4) is 34.0 Å². The Morgan fingerprint density at radius 3 is 2.25 bits per heavy atom. The van der Waals surface area contributed by atoms with Gasteiger partial charge in [-0.25, -0.2) is 4.39 Å². The maximum Gasteiger partial charge on any atom is 0.309 e. The topological polar surface area (TPSA) is 73.4 Å². The van der Waals surface area contributed by atoms with Crippen LogP contribution < -0.4 is 15.4 Å². The molecule has 3 aromatic carbocycles. The number of hydrogen-bond donors (Lipinski definition) is 1. The molecule has 7 heteroatoms. The summed E-state index contributed by atoms with van der Waals surface area (Å²) in [5, 5.41) is 4.75. The summed E-state index contributed by atoms with van der Waals surface area (Å²) in [6.45, 7) is 1.32. The zero-order chi connectivity index (χ0) is 22.8. The molecule has 0 aliphatic heterocycles. The maximum absolute atomic E-state index is 14.0. The summed E-state index contributed by atoms with van der Waals surface area (Å²) in [7, 11) is 3.93. The second-order valence-corrected chi connectivity index (χ2v) is 7.58. The van der Waals surface area contributed by atoms with Gasteiger partial charge in [-0.2, -0.15) is 9.78 Å². The molecule has 0 bridgehead atoms. The molecule has 0 unspecified atom stereocenters. The number of halogens is 1. The van der Waals surface area contributed by atoms with E-state index in [1.165, 1.54) is 23.7 Å². The highest BCUT2D eigenvalue weighted by Crippen LogP contribution is 2.41. The summed E-state index contributed by atoms with van der Waals surface area (Å²) >= 11 is 0. The summed E-state index contributed by atoms with van der Waals surface area (Å²) in [5.41, 5.74) is 10.8. The fourth-order valence-electron chi connectivity index (χ4n) is 3.45. The zero-order valence-corrected chi connectivity index (χ0v) is 18.0. The van der Waals surface area contributed by atoms with Crippen LogP contribution in [0.1, 0.15) is 6.92 Å². The molecule has 0 saturated carbocycles. The lowest BCUT2D eigenvalue weighted by molar-refractivity contribution is -0.132. The first-order valence-electron chi connectivity index (χ1n) is 10.0. The number of carbonyl (C=O) groups is 1. The SMILES string of the molecule is CC(=O)Oc1c(-c2ccc(N)cc2)c(-c2ccc(N(C)C)cc2)nn1-c1cccc(F)c1. The lowest BCUT2D eigenvalue weighted by Crippen LogP contribution is -2.08. The van der Waals surface area contributed by atoms with Gasteiger partial charge in [0.25, 0.3) is 0 Å². The van der Waals surface area contributed by atoms with E-state index in [0.717, 1.165) is 16.8 Å². The highest BCUT2D eigenvalue weighted by Gasteiger charge is 2.24. The van der Waals surface area contributed by atoms with Crippen molar-refractivity contribution in [1.82, 2.24) is 9.78 Å². The van der Waals surface area contributed by atoms with Gasteiger partial charge in [-0.05, 0) is 48.0 Å². The van der Waals surface area contributed by atoms with Crippen LogP contribution in [0.15, 0.2) is 72.8 Å². The van der Waals surface area contributed by atoms with Crippen molar-refractivity contribution in [3.05, 3.63) is 78.6 Å². The van der Waals surface area contributed by atoms with Crippen LogP contribution in [0.4, 0.5) is 15.8 Å². The molecule has 4 aromatic rings. The number of nitrogen functional groups attached to an aromatic ring is 1. The molecule has 0 saturated heterocycles. The number of benzene rings is 3. The van der Waals surface area contributed by atoms with E-state index < -0.39 is 11.8 Å². The van der Waals surface area contributed by atoms with Crippen LogP contribution >= 0.6 is 0 Å². The third kappa shape index (κ3) is 4.18. The number of nitrogens with two attached hydrogens (primary N) is 1. The highest BCUT2D eigenvalue weighted by molar-refractivity contribution is 5.87. The summed E-state index contributed by atoms with van der Waals surface area (Å²) in [4.78, 5) is 14.0. The van der Waals surface area contributed by atoms with E-state index in [1.807, 2.05) is 55.4 Å². The van der Waals surface area contributed by atoms with Crippen LogP contribution in [0.25, 0.3) is 28.1 Å². The molecular weight excluding hydrogens is 407 g/mol. The van der Waals surface area contributed by atoms with E-state index in [9.17, 15) is 9.18 Å². The molecule has 6 nitrogen and oxygen atoms in total. The van der Waals surface area contributed by atoms with Gasteiger partial charge in [-0.15, -0.1) is 0 Å². The van der Waals surface area contributed by atoms with Crippen molar-refractivity contribution >= 4 is 17.3 Å². The van der Waals surface area contributed by atoms with Crippen LogP contribution in [0.5, 0.6) is 5.88 Å². The Morgan fingerprint density at radius 2 is 1.66 bits per heavy atom. The Morgan fingerprint density at radius 1 is 1.00 bits per heavy atom. The Kier molecular flexibility index (Phi) is 5.64. The summed E-state index contributed by atoms with van der Waals surface area (Å²) in [6.07, 6.45) is 0. The smallest absolute Gasteiger partial charge is 0.309 e. The number of rotatable bonds is 5. The predicted molar refractivity (Wildman–Crippen MR) is 124 cm³/mol. The van der Waals surface area contributed by atoms with Gasteiger partial charge in [0.1, 0.15) is 11.5 Å². The molecule has 0 spiro atoms. The monoisotopic (exact) mass is 430 g/mol. The molecule has 0 radical (unpaired) electrons. The van der Waals surface area contributed by atoms with Gasteiger partial charge in [0.2, 0.25) is 5.88 Å². The molecule has 1 heterocycles. The Bertz CT molecular complexity index is 1260. The lowest BCUT2D eigenvalue weighted by atomic mass is 10.0. The third-order valence-electron chi connectivity index (χ3n) is 4.99. The third-order valence-corrected chi connectivity index (χ3v) is 4.99. The second kappa shape index (κ2) is 8.55. The standard InChI is InChI=1S/C25H23FN4O2/c1-16(31)32-25-23(17-7-11-20(27)12-8-17)24(18-9-13-21(14-10-18)29(2)3)28-30(25)22-6-4-5-19(26)15-22/h4-15H,27H2,1-3H3. The van der Waals surface area contributed by atoms with Gasteiger partial charge in [-0.1, -0.05) is 30.3 Å². The van der Waals surface area contributed by atoms with Gasteiger partial charge in [0, 0.05) is 38.0 Å². The summed E-state index contributed by atoms with van der Waals surface area (Å²) in [5.74, 6) is -0.717. The van der Waals surface area contributed by atoms with Crippen LogP contribution in [0, 0.1) is 5.82 Å². The maximum atomic E-state index is 14.0. The number of anilines is 2. The van der Waals surface area contributed by atoms with Crippen molar-refractivity contribution in [2.24, 2.45) is 0 Å². The minimum atomic E-state index is -0.506. The number of ether oxygens (including phenoxy) is 1. The molecule has 2 N–H and O–H groups in total. The largest absolute Gasteiger partial charge is 0.407 e. The van der Waals surface area contributed by atoms with E-state index in [2.05, 4.69) is 0 Å². The van der Waals surface area contributed by atoms with Gasteiger partial charge < -0.3 is 15.4 Å². The van der Waals surface area contributed by atoms with E-state index in [0.29, 0.717) is 22.6 Å². The van der Waals surface area contributed by atoms with Crippen LogP contribution in [0.2, 0.25) is 0 Å². The van der Waals surface area contributed by atoms with E-state index >= 15 is 0 Å². The van der Waals surface area contributed by atoms with Crippen molar-refractivity contribution in [2.75, 3.05) is 24.7 Å². The Balaban J connectivity index is 2.00. The van der Waals surface area contributed by atoms with E-state index in [1.54, 1.807) is 24.3 Å². The van der Waals surface area contributed by atoms with Gasteiger partial charge in [0.05, 0.1) is 11.3 Å². The zero-order valence-electron chi connectivity index (χ0n) is 18.0. The van der Waals surface area contributed by atoms with Gasteiger partial charge in [0.15, 0.2) is 0 Å². The fourth-order valence-corrected chi connectivity index (χ4v) is 3.45. The van der Waals surface area contributed by atoms with E-state index in [4.69, 9.17) is 15.6 Å². The molecule has 32 heavy (non-hydrogen) atoms. The number of esters is 1. The first-order chi connectivity index (χ1) is 15.3. The van der Waals surface area contributed by atoms with Gasteiger partial charge in [-0.3, -0.25) is 4.79 Å². The average molecular weight is 430 g/mol. The summed E-state index contributed by atoms with van der Waals surface area (Å²) < 4.78 is 21.1. The van der Waals surface area contributed by atoms with Gasteiger partial charge >= 0.3 is 5.97 Å². The first-order valence-corrected chi connectivity index (χ1v) is 10.0. The highest BCUT2D eigenvalue weighted by atomic mass is 19.1. The minimum Gasteiger partial charge on any atom is -0.407 e. The van der Waals surface area contributed by atoms with Crippen LogP contribution in [-0.4, -0.2) is 29.8 Å². The van der Waals surface area contributed by atoms with Crippen molar-refractivity contribution in [3.63, 3.8) is 0 Å². The summed E-state index contributed by atoms with van der Waals surface area (Å²) in [6, 6.07) is 21.1. The number of carbonyl (C=O) groups excluding carboxylic acids is 1. The average Bonchev–Trinajstić information content (AvgIpc) is 3.13. The van der Waals surface area contributed by atoms with E-state index in [-0.39, 0.29) is 5.88 Å². The first kappa shape index (κ1) is 21.1. The predicted octanol–water partition coefficient (Wildman–Crippen LogP) is 4.92. The molecule has 0 fully saturated rings. The molecule has 0 aliphatic carbocycles. The quantitative estimate of drug-likeness (QED) is 0.359. The number of aromatic nitrogens is 2. The molecule has 4 rings (SSSR count).